The van der Waals surface area contributed by atoms with E-state index in [4.69, 9.17) is 4.74 Å². The highest BCUT2D eigenvalue weighted by Crippen LogP contribution is 2.20. The molecule has 20 heavy (non-hydrogen) atoms. The third kappa shape index (κ3) is 6.33. The van der Waals surface area contributed by atoms with Crippen LogP contribution < -0.4 is 10.1 Å². The Hall–Kier alpha value is -1.16. The molecule has 0 saturated carbocycles. The predicted octanol–water partition coefficient (Wildman–Crippen LogP) is 3.89. The van der Waals surface area contributed by atoms with Crippen molar-refractivity contribution < 1.29 is 4.74 Å². The summed E-state index contributed by atoms with van der Waals surface area (Å²) < 4.78 is 5.19. The lowest BCUT2D eigenvalue weighted by Gasteiger charge is -2.18. The van der Waals surface area contributed by atoms with Crippen LogP contribution in [0.1, 0.15) is 70.5 Å². The lowest BCUT2D eigenvalue weighted by molar-refractivity contribution is 0.392. The van der Waals surface area contributed by atoms with Crippen molar-refractivity contribution in [3.8, 4) is 5.88 Å². The summed E-state index contributed by atoms with van der Waals surface area (Å²) in [7, 11) is 1.64. The predicted molar refractivity (Wildman–Crippen MR) is 83.0 cm³/mol. The minimum atomic E-state index is 0.313. The SMILES string of the molecule is CCCCCCCC(NCCC)c1cc(OC)ncn1. The van der Waals surface area contributed by atoms with Crippen molar-refractivity contribution in [2.75, 3.05) is 13.7 Å². The van der Waals surface area contributed by atoms with Gasteiger partial charge in [-0.3, -0.25) is 0 Å². The smallest absolute Gasteiger partial charge is 0.216 e. The van der Waals surface area contributed by atoms with Crippen LogP contribution in [-0.4, -0.2) is 23.6 Å². The molecule has 4 nitrogen and oxygen atoms in total. The number of aromatic nitrogens is 2. The summed E-state index contributed by atoms with van der Waals surface area (Å²) in [5.41, 5.74) is 1.04. The second-order valence-corrected chi connectivity index (χ2v) is 5.19. The van der Waals surface area contributed by atoms with E-state index < -0.39 is 0 Å². The zero-order chi connectivity index (χ0) is 14.6. The molecule has 0 aromatic carbocycles. The van der Waals surface area contributed by atoms with Gasteiger partial charge in [0, 0.05) is 12.1 Å². The number of nitrogens with one attached hydrogen (secondary N) is 1. The first-order valence-corrected chi connectivity index (χ1v) is 7.91. The average molecular weight is 279 g/mol. The van der Waals surface area contributed by atoms with E-state index >= 15 is 0 Å². The third-order valence-corrected chi connectivity index (χ3v) is 3.47. The second-order valence-electron chi connectivity index (χ2n) is 5.19. The van der Waals surface area contributed by atoms with Crippen LogP contribution in [0, 0.1) is 0 Å². The molecule has 1 rings (SSSR count). The number of methoxy groups -OCH3 is 1. The first kappa shape index (κ1) is 16.9. The van der Waals surface area contributed by atoms with Gasteiger partial charge < -0.3 is 10.1 Å². The molecule has 0 radical (unpaired) electrons. The van der Waals surface area contributed by atoms with Crippen LogP contribution in [0.25, 0.3) is 0 Å². The molecule has 1 atom stereocenters. The monoisotopic (exact) mass is 279 g/mol. The standard InChI is InChI=1S/C16H29N3O/c1-4-6-7-8-9-10-14(17-11-5-2)15-12-16(20-3)19-13-18-15/h12-14,17H,4-11H2,1-3H3. The van der Waals surface area contributed by atoms with Gasteiger partial charge in [-0.15, -0.1) is 0 Å². The maximum Gasteiger partial charge on any atom is 0.216 e. The largest absolute Gasteiger partial charge is 0.481 e. The highest BCUT2D eigenvalue weighted by Gasteiger charge is 2.13. The summed E-state index contributed by atoms with van der Waals surface area (Å²) in [6, 6.07) is 2.26. The lowest BCUT2D eigenvalue weighted by Crippen LogP contribution is -2.23. The van der Waals surface area contributed by atoms with Crippen molar-refractivity contribution in [1.82, 2.24) is 15.3 Å². The number of unbranched alkanes of at least 4 members (excludes halogenated alkanes) is 4. The van der Waals surface area contributed by atoms with Crippen LogP contribution >= 0.6 is 0 Å². The molecule has 1 unspecified atom stereocenters. The average Bonchev–Trinajstić information content (AvgIpc) is 2.50. The normalized spacial score (nSPS) is 12.3. The second kappa shape index (κ2) is 10.6. The highest BCUT2D eigenvalue weighted by atomic mass is 16.5. The van der Waals surface area contributed by atoms with Crippen LogP contribution in [-0.2, 0) is 0 Å². The van der Waals surface area contributed by atoms with Gasteiger partial charge in [0.15, 0.2) is 0 Å². The fourth-order valence-corrected chi connectivity index (χ4v) is 2.28. The molecule has 0 bridgehead atoms. The zero-order valence-corrected chi connectivity index (χ0v) is 13.2. The van der Waals surface area contributed by atoms with Gasteiger partial charge in [0.25, 0.3) is 0 Å². The van der Waals surface area contributed by atoms with Crippen LogP contribution in [0.15, 0.2) is 12.4 Å². The Morgan fingerprint density at radius 3 is 2.60 bits per heavy atom. The maximum absolute atomic E-state index is 5.19. The first-order chi connectivity index (χ1) is 9.81. The van der Waals surface area contributed by atoms with Crippen LogP contribution in [0.2, 0.25) is 0 Å². The summed E-state index contributed by atoms with van der Waals surface area (Å²) >= 11 is 0. The molecule has 4 heteroatoms. The fraction of sp³-hybridized carbons (Fsp3) is 0.750. The van der Waals surface area contributed by atoms with E-state index in [1.165, 1.54) is 32.1 Å². The van der Waals surface area contributed by atoms with E-state index in [1.54, 1.807) is 13.4 Å². The van der Waals surface area contributed by atoms with E-state index in [1.807, 2.05) is 6.07 Å². The number of ether oxygens (including phenoxy) is 1. The molecular weight excluding hydrogens is 250 g/mol. The Morgan fingerprint density at radius 2 is 1.90 bits per heavy atom. The summed E-state index contributed by atoms with van der Waals surface area (Å²) in [6.07, 6.45) is 10.4. The minimum Gasteiger partial charge on any atom is -0.481 e. The quantitative estimate of drug-likeness (QED) is 0.624. The number of nitrogens with zero attached hydrogens (tertiary/aromatic N) is 2. The summed E-state index contributed by atoms with van der Waals surface area (Å²) in [5, 5.41) is 3.58. The van der Waals surface area contributed by atoms with Crippen LogP contribution in [0.3, 0.4) is 0 Å². The maximum atomic E-state index is 5.19. The van der Waals surface area contributed by atoms with E-state index in [9.17, 15) is 0 Å². The molecule has 1 aromatic heterocycles. The Morgan fingerprint density at radius 1 is 1.10 bits per heavy atom. The van der Waals surface area contributed by atoms with E-state index in [0.29, 0.717) is 11.9 Å². The van der Waals surface area contributed by atoms with Gasteiger partial charge in [0.2, 0.25) is 5.88 Å². The van der Waals surface area contributed by atoms with Crippen LogP contribution in [0.4, 0.5) is 0 Å². The molecule has 1 aromatic rings. The molecule has 1 heterocycles. The molecular formula is C16H29N3O. The summed E-state index contributed by atoms with van der Waals surface area (Å²) in [6.45, 7) is 5.45. The molecule has 0 aliphatic rings. The number of hydrogen-bond donors (Lipinski definition) is 1. The Labute approximate surface area is 123 Å². The van der Waals surface area contributed by atoms with Crippen molar-refractivity contribution in [3.05, 3.63) is 18.1 Å². The van der Waals surface area contributed by atoms with Crippen molar-refractivity contribution in [3.63, 3.8) is 0 Å². The third-order valence-electron chi connectivity index (χ3n) is 3.47. The minimum absolute atomic E-state index is 0.313. The molecule has 0 aliphatic heterocycles. The Balaban J connectivity index is 2.53. The topological polar surface area (TPSA) is 47.0 Å². The summed E-state index contributed by atoms with van der Waals surface area (Å²) in [4.78, 5) is 8.48. The van der Waals surface area contributed by atoms with Gasteiger partial charge in [-0.2, -0.15) is 0 Å². The Kier molecular flexibility index (Phi) is 8.96. The van der Waals surface area contributed by atoms with Crippen molar-refractivity contribution in [2.24, 2.45) is 0 Å². The van der Waals surface area contributed by atoms with E-state index in [-0.39, 0.29) is 0 Å². The van der Waals surface area contributed by atoms with Gasteiger partial charge in [-0.25, -0.2) is 9.97 Å². The van der Waals surface area contributed by atoms with Gasteiger partial charge >= 0.3 is 0 Å². The van der Waals surface area contributed by atoms with E-state index in [2.05, 4.69) is 29.1 Å². The summed E-state index contributed by atoms with van der Waals surface area (Å²) in [5.74, 6) is 0.643. The van der Waals surface area contributed by atoms with Gasteiger partial charge in [-0.1, -0.05) is 46.0 Å². The van der Waals surface area contributed by atoms with E-state index in [0.717, 1.165) is 25.1 Å². The first-order valence-electron chi connectivity index (χ1n) is 7.91. The molecule has 1 N–H and O–H groups in total. The molecule has 0 aliphatic carbocycles. The van der Waals surface area contributed by atoms with Gasteiger partial charge in [-0.05, 0) is 19.4 Å². The lowest BCUT2D eigenvalue weighted by atomic mass is 10.0. The van der Waals surface area contributed by atoms with Gasteiger partial charge in [0.05, 0.1) is 12.8 Å². The van der Waals surface area contributed by atoms with Crippen molar-refractivity contribution in [1.29, 1.82) is 0 Å². The Bertz CT molecular complexity index is 357. The number of rotatable bonds is 11. The molecule has 0 amide bonds. The molecule has 0 fully saturated rings. The molecule has 0 spiro atoms. The molecule has 0 saturated heterocycles. The fourth-order valence-electron chi connectivity index (χ4n) is 2.28. The van der Waals surface area contributed by atoms with Crippen molar-refractivity contribution in [2.45, 2.75) is 64.8 Å². The molecule has 114 valence electrons. The zero-order valence-electron chi connectivity index (χ0n) is 13.2. The van der Waals surface area contributed by atoms with Crippen molar-refractivity contribution >= 4 is 0 Å². The number of hydrogen-bond acceptors (Lipinski definition) is 4. The highest BCUT2D eigenvalue weighted by molar-refractivity contribution is 5.16. The van der Waals surface area contributed by atoms with Crippen LogP contribution in [0.5, 0.6) is 5.88 Å². The van der Waals surface area contributed by atoms with Gasteiger partial charge in [0.1, 0.15) is 6.33 Å².